The van der Waals surface area contributed by atoms with Crippen molar-refractivity contribution in [3.63, 3.8) is 0 Å². The summed E-state index contributed by atoms with van der Waals surface area (Å²) in [6.45, 7) is -1.26. The summed E-state index contributed by atoms with van der Waals surface area (Å²) in [4.78, 5) is 44.0. The van der Waals surface area contributed by atoms with Gasteiger partial charge in [-0.25, -0.2) is 9.18 Å². The Morgan fingerprint density at radius 2 is 1.98 bits per heavy atom. The molecule has 230 valence electrons. The number of carboxylic acid groups (broad SMARTS) is 1. The number of hydrogen-bond donors (Lipinski definition) is 3. The Labute approximate surface area is 255 Å². The summed E-state index contributed by atoms with van der Waals surface area (Å²) in [6, 6.07) is 10.2. The fourth-order valence-corrected chi connectivity index (χ4v) is 5.73. The number of alkyl halides is 2. The average Bonchev–Trinajstić information content (AvgIpc) is 2.97. The van der Waals surface area contributed by atoms with E-state index in [0.717, 1.165) is 17.7 Å². The largest absolute Gasteiger partial charge is 0.465 e. The van der Waals surface area contributed by atoms with Gasteiger partial charge in [0.2, 0.25) is 11.8 Å². The highest BCUT2D eigenvalue weighted by atomic mass is 35.5. The van der Waals surface area contributed by atoms with Crippen LogP contribution in [0.1, 0.15) is 49.8 Å². The maximum absolute atomic E-state index is 15.1. The molecule has 5 rings (SSSR count). The smallest absolute Gasteiger partial charge is 0.409 e. The van der Waals surface area contributed by atoms with Crippen LogP contribution < -0.4 is 15.4 Å². The minimum atomic E-state index is -3.20. The number of halogens is 4. The van der Waals surface area contributed by atoms with Crippen LogP contribution in [0.4, 0.5) is 29.3 Å². The predicted molar refractivity (Wildman–Crippen MR) is 158 cm³/mol. The van der Waals surface area contributed by atoms with E-state index in [-0.39, 0.29) is 40.7 Å². The van der Waals surface area contributed by atoms with Gasteiger partial charge in [0.25, 0.3) is 0 Å². The van der Waals surface area contributed by atoms with Gasteiger partial charge in [-0.05, 0) is 72.9 Å². The van der Waals surface area contributed by atoms with E-state index in [1.807, 2.05) is 6.07 Å². The normalized spacial score (nSPS) is 18.9. The van der Waals surface area contributed by atoms with Crippen LogP contribution in [-0.2, 0) is 9.59 Å². The zero-order valence-electron chi connectivity index (χ0n) is 23.5. The first-order valence-corrected chi connectivity index (χ1v) is 14.2. The Balaban J connectivity index is 1.52. The van der Waals surface area contributed by atoms with Crippen molar-refractivity contribution in [1.29, 1.82) is 0 Å². The minimum absolute atomic E-state index is 0.151. The van der Waals surface area contributed by atoms with E-state index in [1.54, 1.807) is 36.2 Å². The van der Waals surface area contributed by atoms with Gasteiger partial charge in [-0.2, -0.15) is 8.78 Å². The van der Waals surface area contributed by atoms with E-state index in [2.05, 4.69) is 20.4 Å². The zero-order valence-corrected chi connectivity index (χ0v) is 24.2. The molecular weight excluding hydrogens is 601 g/mol. The Morgan fingerprint density at radius 1 is 1.18 bits per heavy atom. The van der Waals surface area contributed by atoms with E-state index in [0.29, 0.717) is 36.2 Å². The van der Waals surface area contributed by atoms with Crippen LogP contribution in [0.2, 0.25) is 5.02 Å². The van der Waals surface area contributed by atoms with Gasteiger partial charge >= 0.3 is 12.7 Å². The standard InChI is InChI=1S/C31H28ClF3N4O5/c1-16-3-2-4-24(39-12-10-18(14-26(39)40)27-25(44-30(34)35)8-7-21(32)28(27)33)17-9-11-36-22(13-17)20-6-5-19(37-31(42)43)15-23(20)38-29(16)41/h5-9,11,13-16,24,30,37H,2-4,10,12H2,1H3,(H,38,41)(H,42,43)/t16-,24+/m1/s1. The minimum Gasteiger partial charge on any atom is -0.465 e. The van der Waals surface area contributed by atoms with E-state index >= 15 is 4.39 Å². The van der Waals surface area contributed by atoms with Gasteiger partial charge < -0.3 is 20.1 Å². The molecule has 0 radical (unpaired) electrons. The second-order valence-electron chi connectivity index (χ2n) is 10.6. The first-order valence-electron chi connectivity index (χ1n) is 13.9. The Morgan fingerprint density at radius 3 is 2.70 bits per heavy atom. The quantitative estimate of drug-likeness (QED) is 0.272. The number of pyridine rings is 1. The molecule has 44 heavy (non-hydrogen) atoms. The van der Waals surface area contributed by atoms with E-state index in [4.69, 9.17) is 16.7 Å². The van der Waals surface area contributed by atoms with Gasteiger partial charge in [0.15, 0.2) is 5.82 Å². The number of carbonyl (C=O) groups excluding carboxylic acids is 2. The molecule has 0 aliphatic carbocycles. The average molecular weight is 629 g/mol. The van der Waals surface area contributed by atoms with Gasteiger partial charge in [0.1, 0.15) is 5.75 Å². The van der Waals surface area contributed by atoms with Crippen molar-refractivity contribution >= 4 is 46.5 Å². The summed E-state index contributed by atoms with van der Waals surface area (Å²) in [5, 5.41) is 14.0. The lowest BCUT2D eigenvalue weighted by atomic mass is 9.91. The number of anilines is 2. The van der Waals surface area contributed by atoms with Crippen molar-refractivity contribution in [2.75, 3.05) is 17.2 Å². The third-order valence-corrected chi connectivity index (χ3v) is 8.00. The molecule has 0 saturated carbocycles. The van der Waals surface area contributed by atoms with Crippen molar-refractivity contribution < 1.29 is 37.4 Å². The SMILES string of the molecule is C[C@@H]1CCC[C@H](N2CCC(c3c(OC(F)F)ccc(Cl)c3F)=CC2=O)c2ccnc(c2)-c2ccc(NC(=O)O)cc2NC1=O. The van der Waals surface area contributed by atoms with Crippen LogP contribution in [0.15, 0.2) is 54.7 Å². The number of benzene rings is 2. The number of ether oxygens (including phenoxy) is 1. The molecule has 3 amide bonds. The lowest BCUT2D eigenvalue weighted by Crippen LogP contribution is -2.37. The summed E-state index contributed by atoms with van der Waals surface area (Å²) >= 11 is 5.94. The lowest BCUT2D eigenvalue weighted by molar-refractivity contribution is -0.129. The van der Waals surface area contributed by atoms with Crippen LogP contribution in [0.25, 0.3) is 16.8 Å². The molecule has 3 heterocycles. The van der Waals surface area contributed by atoms with Crippen molar-refractivity contribution in [3.8, 4) is 17.0 Å². The molecule has 0 fully saturated rings. The second kappa shape index (κ2) is 13.0. The number of aromatic nitrogens is 1. The molecule has 3 aromatic rings. The highest BCUT2D eigenvalue weighted by Gasteiger charge is 2.31. The van der Waals surface area contributed by atoms with Gasteiger partial charge in [0.05, 0.1) is 28.0 Å². The maximum atomic E-state index is 15.1. The molecule has 2 aromatic carbocycles. The first kappa shape index (κ1) is 30.9. The van der Waals surface area contributed by atoms with Crippen molar-refractivity contribution in [3.05, 3.63) is 76.7 Å². The van der Waals surface area contributed by atoms with Crippen molar-refractivity contribution in [1.82, 2.24) is 9.88 Å². The fourth-order valence-electron chi connectivity index (χ4n) is 5.57. The van der Waals surface area contributed by atoms with Crippen molar-refractivity contribution in [2.24, 2.45) is 5.92 Å². The molecular formula is C31H28ClF3N4O5. The highest BCUT2D eigenvalue weighted by molar-refractivity contribution is 6.31. The molecule has 0 unspecified atom stereocenters. The summed E-state index contributed by atoms with van der Waals surface area (Å²) in [5.41, 5.74) is 2.38. The zero-order chi connectivity index (χ0) is 31.5. The molecule has 2 atom stereocenters. The molecule has 9 nitrogen and oxygen atoms in total. The topological polar surface area (TPSA) is 121 Å². The summed E-state index contributed by atoms with van der Waals surface area (Å²) in [7, 11) is 0. The number of amides is 3. The number of nitrogens with zero attached hydrogens (tertiary/aromatic N) is 2. The summed E-state index contributed by atoms with van der Waals surface area (Å²) in [6.07, 6.45) is 3.31. The van der Waals surface area contributed by atoms with Gasteiger partial charge in [-0.3, -0.25) is 19.9 Å². The monoisotopic (exact) mass is 628 g/mol. The van der Waals surface area contributed by atoms with Crippen LogP contribution in [0, 0.1) is 11.7 Å². The number of rotatable bonds is 5. The van der Waals surface area contributed by atoms with Crippen LogP contribution in [0.3, 0.4) is 0 Å². The Kier molecular flexibility index (Phi) is 9.09. The third kappa shape index (κ3) is 6.65. The molecule has 13 heteroatoms. The highest BCUT2D eigenvalue weighted by Crippen LogP contribution is 2.40. The van der Waals surface area contributed by atoms with Gasteiger partial charge in [-0.1, -0.05) is 24.9 Å². The third-order valence-electron chi connectivity index (χ3n) is 7.71. The molecule has 2 aliphatic rings. The van der Waals surface area contributed by atoms with Crippen molar-refractivity contribution in [2.45, 2.75) is 45.3 Å². The molecule has 2 bridgehead atoms. The molecule has 1 aromatic heterocycles. The Bertz CT molecular complexity index is 1650. The first-order chi connectivity index (χ1) is 21.0. The predicted octanol–water partition coefficient (Wildman–Crippen LogP) is 7.35. The van der Waals surface area contributed by atoms with Crippen LogP contribution >= 0.6 is 11.6 Å². The van der Waals surface area contributed by atoms with E-state index < -0.39 is 42.1 Å². The lowest BCUT2D eigenvalue weighted by Gasteiger charge is -2.35. The van der Waals surface area contributed by atoms with Crippen LogP contribution in [-0.4, -0.2) is 46.1 Å². The fraction of sp³-hybridized carbons (Fsp3) is 0.290. The molecule has 0 saturated heterocycles. The second-order valence-corrected chi connectivity index (χ2v) is 11.0. The number of hydrogen-bond acceptors (Lipinski definition) is 5. The number of carbonyl (C=O) groups is 3. The van der Waals surface area contributed by atoms with Crippen LogP contribution in [0.5, 0.6) is 5.75 Å². The number of fused-ring (bicyclic) bond motifs is 4. The number of nitrogens with one attached hydrogen (secondary N) is 2. The summed E-state index contributed by atoms with van der Waals surface area (Å²) < 4.78 is 45.7. The molecule has 2 aliphatic heterocycles. The van der Waals surface area contributed by atoms with E-state index in [1.165, 1.54) is 12.1 Å². The molecule has 3 N–H and O–H groups in total. The van der Waals surface area contributed by atoms with Gasteiger partial charge in [-0.15, -0.1) is 0 Å². The Hall–Kier alpha value is -4.58. The molecule has 0 spiro atoms. The van der Waals surface area contributed by atoms with Gasteiger partial charge in [0, 0.05) is 36.0 Å². The van der Waals surface area contributed by atoms with E-state index in [9.17, 15) is 23.2 Å². The maximum Gasteiger partial charge on any atom is 0.409 e. The summed E-state index contributed by atoms with van der Waals surface area (Å²) in [5.74, 6) is -2.45.